The van der Waals surface area contributed by atoms with Crippen LogP contribution in [0.3, 0.4) is 0 Å². The van der Waals surface area contributed by atoms with Gasteiger partial charge < -0.3 is 9.47 Å². The van der Waals surface area contributed by atoms with Gasteiger partial charge in [0.25, 0.3) is 0 Å². The van der Waals surface area contributed by atoms with Crippen molar-refractivity contribution >= 4 is 17.6 Å². The Kier molecular flexibility index (Phi) is 5.30. The molecule has 0 amide bonds. The number of hydrogen-bond donors (Lipinski definition) is 0. The number of hydrogen-bond acceptors (Lipinski definition) is 3. The molecule has 17 heavy (non-hydrogen) atoms. The summed E-state index contributed by atoms with van der Waals surface area (Å²) >= 11 is 5.83. The Morgan fingerprint density at radius 1 is 1.29 bits per heavy atom. The molecule has 0 saturated carbocycles. The van der Waals surface area contributed by atoms with Crippen molar-refractivity contribution in [2.75, 3.05) is 13.2 Å². The van der Waals surface area contributed by atoms with Crippen LogP contribution in [0.4, 0.5) is 0 Å². The molecule has 3 nitrogen and oxygen atoms in total. The number of rotatable bonds is 6. The fourth-order valence-electron chi connectivity index (χ4n) is 1.15. The van der Waals surface area contributed by atoms with Gasteiger partial charge in [0.15, 0.2) is 0 Å². The molecule has 4 heteroatoms. The van der Waals surface area contributed by atoms with E-state index in [1.165, 1.54) is 6.08 Å². The van der Waals surface area contributed by atoms with Crippen molar-refractivity contribution in [3.8, 4) is 5.75 Å². The zero-order chi connectivity index (χ0) is 12.7. The molecular weight excluding hydrogens is 240 g/mol. The summed E-state index contributed by atoms with van der Waals surface area (Å²) in [7, 11) is 0. The van der Waals surface area contributed by atoms with Crippen LogP contribution in [0.15, 0.2) is 43.5 Å². The largest absolute Gasteiger partial charge is 0.489 e. The maximum atomic E-state index is 11.7. The maximum Gasteiger partial charge on any atom is 0.342 e. The molecule has 0 atom stereocenters. The van der Waals surface area contributed by atoms with Gasteiger partial charge in [-0.25, -0.2) is 4.79 Å². The number of carbonyl (C=O) groups excluding carboxylic acids is 1. The quantitative estimate of drug-likeness (QED) is 0.576. The lowest BCUT2D eigenvalue weighted by atomic mass is 10.2. The van der Waals surface area contributed by atoms with Gasteiger partial charge in [0.1, 0.15) is 24.5 Å². The number of carbonyl (C=O) groups is 1. The highest BCUT2D eigenvalue weighted by Gasteiger charge is 2.13. The fraction of sp³-hybridized carbons (Fsp3) is 0.154. The fourth-order valence-corrected chi connectivity index (χ4v) is 1.31. The van der Waals surface area contributed by atoms with Gasteiger partial charge in [-0.2, -0.15) is 0 Å². The Hall–Kier alpha value is -1.74. The lowest BCUT2D eigenvalue weighted by molar-refractivity contribution is 0.0545. The standard InChI is InChI=1S/C13H13ClO3/c1-3-7-16-12-9-10(14)5-6-11(12)13(15)17-8-4-2/h3-6,9H,1-2,7-8H2. The molecule has 1 rings (SSSR count). The monoisotopic (exact) mass is 252 g/mol. The summed E-state index contributed by atoms with van der Waals surface area (Å²) in [5.41, 5.74) is 0.332. The molecule has 0 fully saturated rings. The van der Waals surface area contributed by atoms with Crippen molar-refractivity contribution in [1.82, 2.24) is 0 Å². The summed E-state index contributed by atoms with van der Waals surface area (Å²) in [5, 5.41) is 0.490. The second kappa shape index (κ2) is 6.76. The zero-order valence-electron chi connectivity index (χ0n) is 9.32. The van der Waals surface area contributed by atoms with E-state index in [-0.39, 0.29) is 6.61 Å². The number of ether oxygens (including phenoxy) is 2. The molecule has 0 N–H and O–H groups in total. The SMILES string of the molecule is C=CCOC(=O)c1ccc(Cl)cc1OCC=C. The van der Waals surface area contributed by atoms with Gasteiger partial charge in [-0.3, -0.25) is 0 Å². The van der Waals surface area contributed by atoms with Crippen molar-refractivity contribution in [2.24, 2.45) is 0 Å². The zero-order valence-corrected chi connectivity index (χ0v) is 10.1. The minimum atomic E-state index is -0.472. The van der Waals surface area contributed by atoms with Crippen molar-refractivity contribution in [3.05, 3.63) is 54.1 Å². The molecule has 0 aromatic heterocycles. The minimum absolute atomic E-state index is 0.155. The van der Waals surface area contributed by atoms with Crippen molar-refractivity contribution < 1.29 is 14.3 Å². The predicted molar refractivity (Wildman–Crippen MR) is 67.6 cm³/mol. The first-order chi connectivity index (χ1) is 8.19. The normalized spacial score (nSPS) is 9.47. The van der Waals surface area contributed by atoms with E-state index in [9.17, 15) is 4.79 Å². The Balaban J connectivity index is 2.91. The summed E-state index contributed by atoms with van der Waals surface area (Å²) < 4.78 is 10.3. The van der Waals surface area contributed by atoms with Crippen LogP contribution in [0.1, 0.15) is 10.4 Å². The molecule has 0 heterocycles. The molecule has 0 aliphatic carbocycles. The summed E-state index contributed by atoms with van der Waals surface area (Å²) in [5.74, 6) is -0.0907. The third-order valence-corrected chi connectivity index (χ3v) is 2.09. The molecule has 0 aliphatic rings. The molecule has 0 radical (unpaired) electrons. The summed E-state index contributed by atoms with van der Waals surface area (Å²) in [6.07, 6.45) is 3.08. The molecule has 90 valence electrons. The Bertz CT molecular complexity index is 427. The molecule has 0 aliphatic heterocycles. The molecule has 0 bridgehead atoms. The molecular formula is C13H13ClO3. The smallest absolute Gasteiger partial charge is 0.342 e. The van der Waals surface area contributed by atoms with Crippen molar-refractivity contribution in [2.45, 2.75) is 0 Å². The first-order valence-electron chi connectivity index (χ1n) is 5.00. The minimum Gasteiger partial charge on any atom is -0.489 e. The van der Waals surface area contributed by atoms with Crippen molar-refractivity contribution in [1.29, 1.82) is 0 Å². The van der Waals surface area contributed by atoms with E-state index in [4.69, 9.17) is 21.1 Å². The average molecular weight is 253 g/mol. The third-order valence-electron chi connectivity index (χ3n) is 1.85. The molecule has 0 saturated heterocycles. The Morgan fingerprint density at radius 3 is 2.65 bits per heavy atom. The van der Waals surface area contributed by atoms with Gasteiger partial charge in [-0.15, -0.1) is 0 Å². The van der Waals surface area contributed by atoms with Crippen LogP contribution in [0.25, 0.3) is 0 Å². The van der Waals surface area contributed by atoms with Crippen molar-refractivity contribution in [3.63, 3.8) is 0 Å². The van der Waals surface area contributed by atoms with E-state index in [1.807, 2.05) is 0 Å². The lowest BCUT2D eigenvalue weighted by Crippen LogP contribution is -2.08. The highest BCUT2D eigenvalue weighted by atomic mass is 35.5. The van der Waals surface area contributed by atoms with Gasteiger partial charge in [0.05, 0.1) is 0 Å². The predicted octanol–water partition coefficient (Wildman–Crippen LogP) is 3.25. The second-order valence-electron chi connectivity index (χ2n) is 3.13. The molecule has 0 spiro atoms. The molecule has 1 aromatic rings. The highest BCUT2D eigenvalue weighted by molar-refractivity contribution is 6.30. The highest BCUT2D eigenvalue weighted by Crippen LogP contribution is 2.24. The van der Waals surface area contributed by atoms with Gasteiger partial charge in [-0.1, -0.05) is 36.9 Å². The van der Waals surface area contributed by atoms with Gasteiger partial charge in [-0.05, 0) is 18.2 Å². The van der Waals surface area contributed by atoms with E-state index in [0.717, 1.165) is 0 Å². The van der Waals surface area contributed by atoms with E-state index >= 15 is 0 Å². The Labute approximate surface area is 105 Å². The van der Waals surface area contributed by atoms with Crippen LogP contribution in [-0.4, -0.2) is 19.2 Å². The van der Waals surface area contributed by atoms with Crippen LogP contribution < -0.4 is 4.74 Å². The summed E-state index contributed by atoms with van der Waals surface area (Å²) in [6.45, 7) is 7.45. The van der Waals surface area contributed by atoms with E-state index < -0.39 is 5.97 Å². The summed E-state index contributed by atoms with van der Waals surface area (Å²) in [4.78, 5) is 11.7. The van der Waals surface area contributed by atoms with E-state index in [2.05, 4.69) is 13.2 Å². The maximum absolute atomic E-state index is 11.7. The molecule has 1 aromatic carbocycles. The van der Waals surface area contributed by atoms with Crippen LogP contribution in [0.5, 0.6) is 5.75 Å². The Morgan fingerprint density at radius 2 is 2.00 bits per heavy atom. The number of esters is 1. The number of benzene rings is 1. The first kappa shape index (κ1) is 13.3. The van der Waals surface area contributed by atoms with E-state index in [1.54, 1.807) is 24.3 Å². The lowest BCUT2D eigenvalue weighted by Gasteiger charge is -2.09. The first-order valence-corrected chi connectivity index (χ1v) is 5.38. The topological polar surface area (TPSA) is 35.5 Å². The third kappa shape index (κ3) is 3.96. The average Bonchev–Trinajstić information content (AvgIpc) is 2.33. The van der Waals surface area contributed by atoms with Gasteiger partial charge in [0.2, 0.25) is 0 Å². The van der Waals surface area contributed by atoms with Gasteiger partial charge >= 0.3 is 5.97 Å². The van der Waals surface area contributed by atoms with Crippen LogP contribution in [0, 0.1) is 0 Å². The van der Waals surface area contributed by atoms with Crippen LogP contribution >= 0.6 is 11.6 Å². The van der Waals surface area contributed by atoms with Crippen LogP contribution in [0.2, 0.25) is 5.02 Å². The second-order valence-corrected chi connectivity index (χ2v) is 3.56. The van der Waals surface area contributed by atoms with Crippen LogP contribution in [-0.2, 0) is 4.74 Å². The summed E-state index contributed by atoms with van der Waals surface area (Å²) in [6, 6.07) is 4.73. The number of halogens is 1. The van der Waals surface area contributed by atoms with Gasteiger partial charge in [0, 0.05) is 5.02 Å². The molecule has 0 unspecified atom stereocenters. The van der Waals surface area contributed by atoms with E-state index in [0.29, 0.717) is 22.9 Å².